The van der Waals surface area contributed by atoms with Gasteiger partial charge in [0.1, 0.15) is 5.82 Å². The van der Waals surface area contributed by atoms with Gasteiger partial charge in [-0.15, -0.1) is 0 Å². The van der Waals surface area contributed by atoms with E-state index in [0.717, 1.165) is 17.7 Å². The summed E-state index contributed by atoms with van der Waals surface area (Å²) in [5.41, 5.74) is 2.07. The van der Waals surface area contributed by atoms with Gasteiger partial charge < -0.3 is 15.0 Å². The molecule has 1 amide bonds. The maximum absolute atomic E-state index is 12.9. The molecule has 0 unspecified atom stereocenters. The van der Waals surface area contributed by atoms with Crippen LogP contribution in [-0.2, 0) is 16.1 Å². The van der Waals surface area contributed by atoms with Crippen molar-refractivity contribution in [2.75, 3.05) is 25.5 Å². The first kappa shape index (κ1) is 19.4. The summed E-state index contributed by atoms with van der Waals surface area (Å²) in [6.07, 6.45) is 0.777. The predicted octanol–water partition coefficient (Wildman–Crippen LogP) is 3.46. The summed E-state index contributed by atoms with van der Waals surface area (Å²) in [6, 6.07) is 12.8. The highest BCUT2D eigenvalue weighted by Crippen LogP contribution is 2.11. The Kier molecular flexibility index (Phi) is 7.14. The normalized spacial score (nSPS) is 10.3. The first-order valence-electron chi connectivity index (χ1n) is 8.49. The standard InChI is InChI=1S/C20H23FN2O3/c1-3-12-26-20(25)16-6-10-18(11-7-16)22-13-19(24)23(2)14-15-4-8-17(21)9-5-15/h4-11,22H,3,12-14H2,1-2H3. The lowest BCUT2D eigenvalue weighted by Gasteiger charge is -2.18. The number of carbonyl (C=O) groups is 2. The average Bonchev–Trinajstić information content (AvgIpc) is 2.66. The summed E-state index contributed by atoms with van der Waals surface area (Å²) in [4.78, 5) is 25.5. The molecule has 2 rings (SSSR count). The Hall–Kier alpha value is -2.89. The fraction of sp³-hybridized carbons (Fsp3) is 0.300. The summed E-state index contributed by atoms with van der Waals surface area (Å²) in [7, 11) is 1.69. The lowest BCUT2D eigenvalue weighted by atomic mass is 10.2. The predicted molar refractivity (Wildman–Crippen MR) is 98.4 cm³/mol. The van der Waals surface area contributed by atoms with Crippen molar-refractivity contribution in [3.63, 3.8) is 0 Å². The SMILES string of the molecule is CCCOC(=O)c1ccc(NCC(=O)N(C)Cc2ccc(F)cc2)cc1. The van der Waals surface area contributed by atoms with Crippen LogP contribution in [0.25, 0.3) is 0 Å². The molecule has 0 aliphatic carbocycles. The molecule has 5 nitrogen and oxygen atoms in total. The molecular weight excluding hydrogens is 335 g/mol. The van der Waals surface area contributed by atoms with E-state index in [4.69, 9.17) is 4.74 Å². The van der Waals surface area contributed by atoms with Crippen LogP contribution in [0.2, 0.25) is 0 Å². The van der Waals surface area contributed by atoms with Gasteiger partial charge in [0, 0.05) is 19.3 Å². The second-order valence-corrected chi connectivity index (χ2v) is 5.94. The molecule has 0 spiro atoms. The minimum atomic E-state index is -0.353. The van der Waals surface area contributed by atoms with Crippen molar-refractivity contribution in [2.24, 2.45) is 0 Å². The van der Waals surface area contributed by atoms with Crippen molar-refractivity contribution in [3.05, 3.63) is 65.5 Å². The molecule has 26 heavy (non-hydrogen) atoms. The molecule has 138 valence electrons. The van der Waals surface area contributed by atoms with Crippen LogP contribution < -0.4 is 5.32 Å². The molecule has 1 N–H and O–H groups in total. The number of ether oxygens (including phenoxy) is 1. The second kappa shape index (κ2) is 9.56. The number of nitrogens with one attached hydrogen (secondary N) is 1. The van der Waals surface area contributed by atoms with Crippen LogP contribution in [-0.4, -0.2) is 37.0 Å². The quantitative estimate of drug-likeness (QED) is 0.734. The molecular formula is C20H23FN2O3. The molecule has 0 radical (unpaired) electrons. The Labute approximate surface area is 152 Å². The number of amides is 1. The van der Waals surface area contributed by atoms with E-state index in [9.17, 15) is 14.0 Å². The van der Waals surface area contributed by atoms with Crippen LogP contribution in [0.1, 0.15) is 29.3 Å². The molecule has 0 saturated heterocycles. The van der Waals surface area contributed by atoms with E-state index >= 15 is 0 Å². The van der Waals surface area contributed by atoms with Crippen molar-refractivity contribution >= 4 is 17.6 Å². The largest absolute Gasteiger partial charge is 0.462 e. The van der Waals surface area contributed by atoms with Gasteiger partial charge in [0.05, 0.1) is 18.7 Å². The zero-order valence-electron chi connectivity index (χ0n) is 15.0. The zero-order valence-corrected chi connectivity index (χ0v) is 15.0. The molecule has 0 atom stereocenters. The molecule has 6 heteroatoms. The van der Waals surface area contributed by atoms with Crippen molar-refractivity contribution in [2.45, 2.75) is 19.9 Å². The lowest BCUT2D eigenvalue weighted by Crippen LogP contribution is -2.31. The molecule has 0 fully saturated rings. The van der Waals surface area contributed by atoms with Crippen LogP contribution in [0.3, 0.4) is 0 Å². The third-order valence-corrected chi connectivity index (χ3v) is 3.76. The molecule has 2 aromatic rings. The van der Waals surface area contributed by atoms with Crippen LogP contribution >= 0.6 is 0 Å². The number of benzene rings is 2. The minimum absolute atomic E-state index is 0.0965. The monoisotopic (exact) mass is 358 g/mol. The van der Waals surface area contributed by atoms with Crippen molar-refractivity contribution < 1.29 is 18.7 Å². The fourth-order valence-corrected chi connectivity index (χ4v) is 2.27. The van der Waals surface area contributed by atoms with E-state index in [2.05, 4.69) is 5.32 Å². The molecule has 0 aromatic heterocycles. The van der Waals surface area contributed by atoms with Crippen LogP contribution in [0.5, 0.6) is 0 Å². The van der Waals surface area contributed by atoms with E-state index in [1.165, 1.54) is 12.1 Å². The summed E-state index contributed by atoms with van der Waals surface area (Å²) in [6.45, 7) is 2.86. The number of hydrogen-bond donors (Lipinski definition) is 1. The van der Waals surface area contributed by atoms with E-state index in [-0.39, 0.29) is 24.2 Å². The Morgan fingerprint density at radius 1 is 1.08 bits per heavy atom. The Balaban J connectivity index is 1.82. The molecule has 0 heterocycles. The van der Waals surface area contributed by atoms with Gasteiger partial charge in [-0.1, -0.05) is 19.1 Å². The first-order valence-corrected chi connectivity index (χ1v) is 8.49. The maximum atomic E-state index is 12.9. The van der Waals surface area contributed by atoms with Crippen LogP contribution in [0.4, 0.5) is 10.1 Å². The Morgan fingerprint density at radius 2 is 1.73 bits per heavy atom. The van der Waals surface area contributed by atoms with Crippen molar-refractivity contribution in [3.8, 4) is 0 Å². The van der Waals surface area contributed by atoms with E-state index in [0.29, 0.717) is 18.7 Å². The molecule has 2 aromatic carbocycles. The summed E-state index contributed by atoms with van der Waals surface area (Å²) < 4.78 is 18.0. The number of carbonyl (C=O) groups excluding carboxylic acids is 2. The number of halogens is 1. The second-order valence-electron chi connectivity index (χ2n) is 5.94. The number of anilines is 1. The average molecular weight is 358 g/mol. The number of likely N-dealkylation sites (N-methyl/N-ethyl adjacent to an activating group) is 1. The van der Waals surface area contributed by atoms with Gasteiger partial charge in [0.2, 0.25) is 5.91 Å². The Bertz CT molecular complexity index is 730. The topological polar surface area (TPSA) is 58.6 Å². The minimum Gasteiger partial charge on any atom is -0.462 e. The molecule has 0 bridgehead atoms. The third-order valence-electron chi connectivity index (χ3n) is 3.76. The highest BCUT2D eigenvalue weighted by atomic mass is 19.1. The highest BCUT2D eigenvalue weighted by Gasteiger charge is 2.10. The highest BCUT2D eigenvalue weighted by molar-refractivity contribution is 5.90. The smallest absolute Gasteiger partial charge is 0.338 e. The zero-order chi connectivity index (χ0) is 18.9. The molecule has 0 aliphatic rings. The van der Waals surface area contributed by atoms with Gasteiger partial charge in [-0.2, -0.15) is 0 Å². The summed E-state index contributed by atoms with van der Waals surface area (Å²) in [5.74, 6) is -0.749. The fourth-order valence-electron chi connectivity index (χ4n) is 2.27. The Morgan fingerprint density at radius 3 is 2.35 bits per heavy atom. The van der Waals surface area contributed by atoms with Gasteiger partial charge in [-0.3, -0.25) is 4.79 Å². The molecule has 0 saturated carbocycles. The lowest BCUT2D eigenvalue weighted by molar-refractivity contribution is -0.128. The van der Waals surface area contributed by atoms with Gasteiger partial charge in [0.15, 0.2) is 0 Å². The number of rotatable bonds is 8. The summed E-state index contributed by atoms with van der Waals surface area (Å²) in [5, 5.41) is 3.03. The molecule has 0 aliphatic heterocycles. The van der Waals surface area contributed by atoms with Gasteiger partial charge in [-0.25, -0.2) is 9.18 Å². The number of hydrogen-bond acceptors (Lipinski definition) is 4. The maximum Gasteiger partial charge on any atom is 0.338 e. The third kappa shape index (κ3) is 5.88. The van der Waals surface area contributed by atoms with E-state index in [1.807, 2.05) is 6.92 Å². The van der Waals surface area contributed by atoms with Gasteiger partial charge in [-0.05, 0) is 48.4 Å². The van der Waals surface area contributed by atoms with E-state index < -0.39 is 0 Å². The van der Waals surface area contributed by atoms with Crippen molar-refractivity contribution in [1.82, 2.24) is 4.90 Å². The first-order chi connectivity index (χ1) is 12.5. The van der Waals surface area contributed by atoms with E-state index in [1.54, 1.807) is 48.3 Å². The van der Waals surface area contributed by atoms with Gasteiger partial charge in [0.25, 0.3) is 0 Å². The van der Waals surface area contributed by atoms with Crippen LogP contribution in [0, 0.1) is 5.82 Å². The number of esters is 1. The summed E-state index contributed by atoms with van der Waals surface area (Å²) >= 11 is 0. The van der Waals surface area contributed by atoms with Gasteiger partial charge >= 0.3 is 5.97 Å². The number of nitrogens with zero attached hydrogens (tertiary/aromatic N) is 1. The van der Waals surface area contributed by atoms with Crippen molar-refractivity contribution in [1.29, 1.82) is 0 Å². The van der Waals surface area contributed by atoms with Crippen LogP contribution in [0.15, 0.2) is 48.5 Å².